The molecule has 1 heterocycles. The monoisotopic (exact) mass is 415 g/mol. The van der Waals surface area contributed by atoms with E-state index in [0.717, 1.165) is 57.3 Å². The third-order valence-electron chi connectivity index (χ3n) is 6.20. The lowest BCUT2D eigenvalue weighted by Crippen LogP contribution is -2.42. The highest BCUT2D eigenvalue weighted by Crippen LogP contribution is 2.31. The Labute approximate surface area is 174 Å². The molecule has 2 fully saturated rings. The van der Waals surface area contributed by atoms with Crippen molar-refractivity contribution < 1.29 is 4.79 Å². The number of amides is 1. The van der Waals surface area contributed by atoms with Crippen molar-refractivity contribution in [3.63, 3.8) is 0 Å². The SMILES string of the molecule is O=C(Nc1ccc(Cl)cc1)C1CCC(CNc2c(N3CCCC3)c(=O)c2=O)CC1. The normalized spacial score (nSPS) is 22.0. The Bertz CT molecular complexity index is 935. The second-order valence-electron chi connectivity index (χ2n) is 8.17. The Kier molecular flexibility index (Phi) is 5.90. The van der Waals surface area contributed by atoms with Crippen LogP contribution in [-0.4, -0.2) is 25.5 Å². The number of nitrogens with zero attached hydrogens (tertiary/aromatic N) is 1. The van der Waals surface area contributed by atoms with Crippen molar-refractivity contribution in [2.75, 3.05) is 35.2 Å². The van der Waals surface area contributed by atoms with Gasteiger partial charge in [0, 0.05) is 36.3 Å². The Hall–Kier alpha value is -2.34. The number of benzene rings is 1. The molecule has 2 aromatic rings. The molecular formula is C22H26ClN3O3. The fraction of sp³-hybridized carbons (Fsp3) is 0.500. The molecule has 0 radical (unpaired) electrons. The van der Waals surface area contributed by atoms with Crippen molar-refractivity contribution in [2.24, 2.45) is 11.8 Å². The van der Waals surface area contributed by atoms with Crippen molar-refractivity contribution in [2.45, 2.75) is 38.5 Å². The maximum absolute atomic E-state index is 12.5. The summed E-state index contributed by atoms with van der Waals surface area (Å²) < 4.78 is 0. The summed E-state index contributed by atoms with van der Waals surface area (Å²) in [5, 5.41) is 6.85. The van der Waals surface area contributed by atoms with Gasteiger partial charge in [-0.1, -0.05) is 11.6 Å². The third-order valence-corrected chi connectivity index (χ3v) is 6.46. The maximum Gasteiger partial charge on any atom is 0.253 e. The molecule has 6 nitrogen and oxygen atoms in total. The molecule has 154 valence electrons. The number of hydrogen-bond acceptors (Lipinski definition) is 5. The zero-order valence-corrected chi connectivity index (χ0v) is 17.1. The van der Waals surface area contributed by atoms with E-state index < -0.39 is 0 Å². The summed E-state index contributed by atoms with van der Waals surface area (Å²) in [5.41, 5.74) is 1.11. The first kappa shape index (κ1) is 20.0. The van der Waals surface area contributed by atoms with E-state index in [0.29, 0.717) is 28.9 Å². The van der Waals surface area contributed by atoms with Gasteiger partial charge >= 0.3 is 0 Å². The van der Waals surface area contributed by atoms with Gasteiger partial charge in [-0.3, -0.25) is 14.4 Å². The van der Waals surface area contributed by atoms with Gasteiger partial charge in [-0.2, -0.15) is 0 Å². The first-order valence-corrected chi connectivity index (χ1v) is 10.8. The van der Waals surface area contributed by atoms with Gasteiger partial charge in [0.15, 0.2) is 0 Å². The molecule has 0 atom stereocenters. The Morgan fingerprint density at radius 3 is 2.31 bits per heavy atom. The topological polar surface area (TPSA) is 78.5 Å². The van der Waals surface area contributed by atoms with Crippen LogP contribution in [0.3, 0.4) is 0 Å². The van der Waals surface area contributed by atoms with E-state index in [-0.39, 0.29) is 22.7 Å². The molecule has 2 N–H and O–H groups in total. The molecule has 1 aliphatic heterocycles. The lowest BCUT2D eigenvalue weighted by Gasteiger charge is -2.29. The number of nitrogens with one attached hydrogen (secondary N) is 2. The fourth-order valence-electron chi connectivity index (χ4n) is 4.44. The van der Waals surface area contributed by atoms with E-state index in [9.17, 15) is 14.4 Å². The molecule has 7 heteroatoms. The Morgan fingerprint density at radius 1 is 1.00 bits per heavy atom. The van der Waals surface area contributed by atoms with E-state index in [2.05, 4.69) is 10.6 Å². The molecule has 1 aliphatic carbocycles. The summed E-state index contributed by atoms with van der Waals surface area (Å²) in [6, 6.07) is 7.13. The van der Waals surface area contributed by atoms with Crippen LogP contribution in [0, 0.1) is 11.8 Å². The summed E-state index contributed by atoms with van der Waals surface area (Å²) in [5.74, 6) is 0.469. The number of halogens is 1. The van der Waals surface area contributed by atoms with E-state index >= 15 is 0 Å². The van der Waals surface area contributed by atoms with Crippen LogP contribution in [0.5, 0.6) is 0 Å². The number of rotatable bonds is 6. The molecule has 0 spiro atoms. The quantitative estimate of drug-likeness (QED) is 0.707. The number of carbonyl (C=O) groups is 1. The summed E-state index contributed by atoms with van der Waals surface area (Å²) in [6.45, 7) is 2.39. The van der Waals surface area contributed by atoms with Gasteiger partial charge < -0.3 is 15.5 Å². The minimum absolute atomic E-state index is 0.00761. The van der Waals surface area contributed by atoms with Crippen LogP contribution in [0.25, 0.3) is 0 Å². The molecule has 2 aromatic carbocycles. The summed E-state index contributed by atoms with van der Waals surface area (Å²) in [4.78, 5) is 38.5. The number of hydrogen-bond donors (Lipinski definition) is 2. The number of carbonyl (C=O) groups excluding carboxylic acids is 1. The molecular weight excluding hydrogens is 390 g/mol. The van der Waals surface area contributed by atoms with E-state index in [1.807, 2.05) is 4.90 Å². The van der Waals surface area contributed by atoms with E-state index in [1.165, 1.54) is 0 Å². The van der Waals surface area contributed by atoms with Crippen LogP contribution in [0.4, 0.5) is 17.1 Å². The molecule has 0 bridgehead atoms. The standard InChI is InChI=1S/C22H26ClN3O3/c23-16-7-9-17(10-8-16)25-22(29)15-5-3-14(4-6-15)13-24-18-19(21(28)20(18)27)26-11-1-2-12-26/h7-10,14-15,24H,1-6,11-13H2,(H,25,29). The third kappa shape index (κ3) is 4.32. The van der Waals surface area contributed by atoms with Gasteiger partial charge in [-0.05, 0) is 68.7 Å². The summed E-state index contributed by atoms with van der Waals surface area (Å²) in [6.07, 6.45) is 5.66. The molecule has 1 amide bonds. The largest absolute Gasteiger partial charge is 0.380 e. The van der Waals surface area contributed by atoms with Gasteiger partial charge in [0.25, 0.3) is 10.9 Å². The highest BCUT2D eigenvalue weighted by Gasteiger charge is 2.30. The predicted octanol–water partition coefficient (Wildman–Crippen LogP) is 3.39. The van der Waals surface area contributed by atoms with Crippen molar-refractivity contribution in [3.05, 3.63) is 49.7 Å². The van der Waals surface area contributed by atoms with Gasteiger partial charge in [0.05, 0.1) is 0 Å². The molecule has 2 aliphatic rings. The van der Waals surface area contributed by atoms with Crippen LogP contribution >= 0.6 is 11.6 Å². The zero-order chi connectivity index (χ0) is 20.4. The average molecular weight is 416 g/mol. The van der Waals surface area contributed by atoms with Crippen LogP contribution in [-0.2, 0) is 4.79 Å². The van der Waals surface area contributed by atoms with Crippen LogP contribution < -0.4 is 26.4 Å². The van der Waals surface area contributed by atoms with Gasteiger partial charge in [-0.15, -0.1) is 0 Å². The minimum Gasteiger partial charge on any atom is -0.380 e. The molecule has 0 unspecified atom stereocenters. The first-order chi connectivity index (χ1) is 14.0. The first-order valence-electron chi connectivity index (χ1n) is 10.4. The van der Waals surface area contributed by atoms with Crippen molar-refractivity contribution in [1.29, 1.82) is 0 Å². The molecule has 0 aromatic heterocycles. The summed E-state index contributed by atoms with van der Waals surface area (Å²) >= 11 is 5.88. The molecule has 1 saturated heterocycles. The van der Waals surface area contributed by atoms with Crippen molar-refractivity contribution >= 4 is 34.6 Å². The average Bonchev–Trinajstić information content (AvgIpc) is 3.26. The molecule has 4 rings (SSSR count). The van der Waals surface area contributed by atoms with Gasteiger partial charge in [0.1, 0.15) is 11.4 Å². The van der Waals surface area contributed by atoms with E-state index in [1.54, 1.807) is 24.3 Å². The van der Waals surface area contributed by atoms with Crippen LogP contribution in [0.15, 0.2) is 33.9 Å². The zero-order valence-electron chi connectivity index (χ0n) is 16.4. The van der Waals surface area contributed by atoms with Gasteiger partial charge in [-0.25, -0.2) is 0 Å². The fourth-order valence-corrected chi connectivity index (χ4v) is 4.56. The van der Waals surface area contributed by atoms with Crippen LogP contribution in [0.1, 0.15) is 38.5 Å². The second-order valence-corrected chi connectivity index (χ2v) is 8.61. The smallest absolute Gasteiger partial charge is 0.253 e. The number of anilines is 3. The van der Waals surface area contributed by atoms with Crippen molar-refractivity contribution in [1.82, 2.24) is 0 Å². The second kappa shape index (κ2) is 8.57. The predicted molar refractivity (Wildman–Crippen MR) is 117 cm³/mol. The highest BCUT2D eigenvalue weighted by molar-refractivity contribution is 6.30. The Morgan fingerprint density at radius 2 is 1.66 bits per heavy atom. The molecule has 1 saturated carbocycles. The van der Waals surface area contributed by atoms with Gasteiger partial charge in [0.2, 0.25) is 5.91 Å². The summed E-state index contributed by atoms with van der Waals surface area (Å²) in [7, 11) is 0. The lowest BCUT2D eigenvalue weighted by atomic mass is 9.81. The molecule has 29 heavy (non-hydrogen) atoms. The Balaban J connectivity index is 1.26. The van der Waals surface area contributed by atoms with Crippen molar-refractivity contribution in [3.8, 4) is 0 Å². The van der Waals surface area contributed by atoms with E-state index in [4.69, 9.17) is 11.6 Å². The van der Waals surface area contributed by atoms with Crippen LogP contribution in [0.2, 0.25) is 5.02 Å². The minimum atomic E-state index is -0.386. The maximum atomic E-state index is 12.5. The lowest BCUT2D eigenvalue weighted by molar-refractivity contribution is -0.121. The highest BCUT2D eigenvalue weighted by atomic mass is 35.5.